The predicted octanol–water partition coefficient (Wildman–Crippen LogP) is 3.83. The lowest BCUT2D eigenvalue weighted by Crippen LogP contribution is -2.30. The second-order valence-electron chi connectivity index (χ2n) is 7.18. The molecule has 0 saturated carbocycles. The molecule has 0 spiro atoms. The highest BCUT2D eigenvalue weighted by atomic mass is 33.1. The molecule has 0 heterocycles. The first-order chi connectivity index (χ1) is 15.9. The summed E-state index contributed by atoms with van der Waals surface area (Å²) in [6, 6.07) is 9.98. The highest BCUT2D eigenvalue weighted by Gasteiger charge is 2.14. The van der Waals surface area contributed by atoms with E-state index in [0.717, 1.165) is 12.1 Å². The molecule has 1 atom stereocenters. The fourth-order valence-corrected chi connectivity index (χ4v) is 3.75. The fraction of sp³-hybridized carbons (Fsp3) is 0.583. The van der Waals surface area contributed by atoms with Gasteiger partial charge in [0, 0.05) is 30.6 Å². The van der Waals surface area contributed by atoms with Crippen molar-refractivity contribution in [2.24, 2.45) is 5.92 Å². The second-order valence-corrected chi connectivity index (χ2v) is 9.71. The average molecular weight is 498 g/mol. The number of hydrogen-bond donors (Lipinski definition) is 3. The van der Waals surface area contributed by atoms with Crippen LogP contribution in [0.4, 0.5) is 0 Å². The molecule has 2 amide bonds. The van der Waals surface area contributed by atoms with Gasteiger partial charge >= 0.3 is 0 Å². The molecule has 7 nitrogen and oxygen atoms in total. The first kappa shape index (κ1) is 31.3. The molecule has 1 aromatic rings. The summed E-state index contributed by atoms with van der Waals surface area (Å²) in [5, 5.41) is 8.32. The molecule has 186 valence electrons. The van der Waals surface area contributed by atoms with Crippen LogP contribution in [0.2, 0.25) is 0 Å². The third kappa shape index (κ3) is 16.5. The number of ether oxygens (including phenoxy) is 2. The zero-order valence-corrected chi connectivity index (χ0v) is 22.3. The molecular formula is C24H39N3O4S2. The van der Waals surface area contributed by atoms with Gasteiger partial charge in [0.2, 0.25) is 0 Å². The maximum atomic E-state index is 12.1. The molecule has 0 aliphatic carbocycles. The quantitative estimate of drug-likeness (QED) is 0.125. The van der Waals surface area contributed by atoms with Crippen molar-refractivity contribution in [3.05, 3.63) is 35.4 Å². The van der Waals surface area contributed by atoms with Gasteiger partial charge in [0.05, 0.1) is 13.2 Å². The van der Waals surface area contributed by atoms with Crippen LogP contribution in [0.25, 0.3) is 0 Å². The van der Waals surface area contributed by atoms with Gasteiger partial charge < -0.3 is 20.1 Å². The Morgan fingerprint density at radius 1 is 1.09 bits per heavy atom. The van der Waals surface area contributed by atoms with Crippen LogP contribution in [0.1, 0.15) is 55.5 Å². The molecule has 33 heavy (non-hydrogen) atoms. The average Bonchev–Trinajstić information content (AvgIpc) is 2.78. The van der Waals surface area contributed by atoms with Crippen molar-refractivity contribution < 1.29 is 19.1 Å². The SMILES string of the molecule is CCC.CNCCNC(=O)c1ccc(C(OCCOCC(=O)NC#CC(C)C)SSC)cc1. The van der Waals surface area contributed by atoms with E-state index in [1.54, 1.807) is 33.7 Å². The van der Waals surface area contributed by atoms with Crippen LogP contribution in [0, 0.1) is 17.9 Å². The van der Waals surface area contributed by atoms with Gasteiger partial charge in [-0.05, 0) is 31.0 Å². The van der Waals surface area contributed by atoms with E-state index in [2.05, 4.69) is 41.8 Å². The summed E-state index contributed by atoms with van der Waals surface area (Å²) in [7, 11) is 5.01. The number of benzene rings is 1. The molecular weight excluding hydrogens is 458 g/mol. The normalized spacial score (nSPS) is 11.0. The lowest BCUT2D eigenvalue weighted by molar-refractivity contribution is -0.125. The van der Waals surface area contributed by atoms with Crippen LogP contribution in [0.5, 0.6) is 0 Å². The van der Waals surface area contributed by atoms with Gasteiger partial charge in [-0.25, -0.2) is 0 Å². The van der Waals surface area contributed by atoms with Crippen LogP contribution < -0.4 is 16.0 Å². The summed E-state index contributed by atoms with van der Waals surface area (Å²) in [6.07, 6.45) is 3.23. The summed E-state index contributed by atoms with van der Waals surface area (Å²) < 4.78 is 11.2. The van der Waals surface area contributed by atoms with Crippen LogP contribution in [-0.4, -0.2) is 58.0 Å². The minimum atomic E-state index is -0.276. The van der Waals surface area contributed by atoms with Gasteiger partial charge in [0.25, 0.3) is 11.8 Å². The van der Waals surface area contributed by atoms with E-state index >= 15 is 0 Å². The molecule has 3 N–H and O–H groups in total. The number of rotatable bonds is 13. The Hall–Kier alpha value is -1.70. The van der Waals surface area contributed by atoms with E-state index in [1.165, 1.54) is 6.42 Å². The monoisotopic (exact) mass is 497 g/mol. The second kappa shape index (κ2) is 20.9. The Morgan fingerprint density at radius 2 is 1.76 bits per heavy atom. The zero-order valence-electron chi connectivity index (χ0n) is 20.7. The van der Waals surface area contributed by atoms with E-state index in [4.69, 9.17) is 9.47 Å². The Labute approximate surface area is 207 Å². The molecule has 0 bridgehead atoms. The highest BCUT2D eigenvalue weighted by molar-refractivity contribution is 8.76. The van der Waals surface area contributed by atoms with Gasteiger partial charge in [-0.3, -0.25) is 14.9 Å². The molecule has 0 aliphatic rings. The largest absolute Gasteiger partial charge is 0.369 e. The molecule has 1 rings (SSSR count). The first-order valence-electron chi connectivity index (χ1n) is 11.1. The van der Waals surface area contributed by atoms with E-state index < -0.39 is 0 Å². The van der Waals surface area contributed by atoms with E-state index in [9.17, 15) is 9.59 Å². The number of carbonyl (C=O) groups is 2. The molecule has 1 aromatic carbocycles. The van der Waals surface area contributed by atoms with Crippen molar-refractivity contribution >= 4 is 33.4 Å². The van der Waals surface area contributed by atoms with E-state index in [-0.39, 0.29) is 29.8 Å². The molecule has 1 unspecified atom stereocenters. The molecule has 0 saturated heterocycles. The van der Waals surface area contributed by atoms with Gasteiger partial charge in [-0.1, -0.05) is 73.8 Å². The number of carbonyl (C=O) groups excluding carboxylic acids is 2. The lowest BCUT2D eigenvalue weighted by atomic mass is 10.1. The third-order valence-corrected chi connectivity index (χ3v) is 5.46. The van der Waals surface area contributed by atoms with Crippen molar-refractivity contribution in [3.63, 3.8) is 0 Å². The number of amides is 2. The molecule has 9 heteroatoms. The van der Waals surface area contributed by atoms with Crippen molar-refractivity contribution in [3.8, 4) is 12.0 Å². The van der Waals surface area contributed by atoms with Crippen molar-refractivity contribution in [1.29, 1.82) is 0 Å². The van der Waals surface area contributed by atoms with Crippen LogP contribution >= 0.6 is 21.6 Å². The minimum Gasteiger partial charge on any atom is -0.369 e. The lowest BCUT2D eigenvalue weighted by Gasteiger charge is -2.17. The Morgan fingerprint density at radius 3 is 2.33 bits per heavy atom. The zero-order chi connectivity index (χ0) is 24.9. The van der Waals surface area contributed by atoms with Crippen LogP contribution in [0.3, 0.4) is 0 Å². The molecule has 0 aliphatic heterocycles. The number of nitrogens with one attached hydrogen (secondary N) is 3. The summed E-state index contributed by atoms with van der Waals surface area (Å²) in [6.45, 7) is 10.0. The number of likely N-dealkylation sites (N-methyl/N-ethyl adjacent to an activating group) is 1. The summed E-state index contributed by atoms with van der Waals surface area (Å²) in [4.78, 5) is 23.7. The predicted molar refractivity (Wildman–Crippen MR) is 140 cm³/mol. The standard InChI is InChI=1S/C21H31N3O4S2.C3H8/c1-16(2)9-10-23-19(25)15-27-13-14-28-21(30-29-4)18-7-5-17(6-8-18)20(26)24-12-11-22-3;1-3-2/h5-8,16,21-22H,11-15H2,1-4H3,(H,23,25)(H,24,26);3H2,1-2H3. The molecule has 0 radical (unpaired) electrons. The van der Waals surface area contributed by atoms with Gasteiger partial charge in [0.1, 0.15) is 12.0 Å². The number of hydrogen-bond acceptors (Lipinski definition) is 7. The maximum Gasteiger partial charge on any atom is 0.257 e. The summed E-state index contributed by atoms with van der Waals surface area (Å²) >= 11 is 0. The Kier molecular flexibility index (Phi) is 19.8. The van der Waals surface area contributed by atoms with Crippen molar-refractivity contribution in [1.82, 2.24) is 16.0 Å². The van der Waals surface area contributed by atoms with Crippen LogP contribution in [0.15, 0.2) is 24.3 Å². The van der Waals surface area contributed by atoms with Crippen molar-refractivity contribution in [2.75, 3.05) is 46.2 Å². The summed E-state index contributed by atoms with van der Waals surface area (Å²) in [5.74, 6) is 2.68. The topological polar surface area (TPSA) is 88.7 Å². The first-order valence-corrected chi connectivity index (χ1v) is 13.7. The van der Waals surface area contributed by atoms with Gasteiger partial charge in [-0.15, -0.1) is 0 Å². The van der Waals surface area contributed by atoms with E-state index in [1.807, 2.05) is 39.3 Å². The van der Waals surface area contributed by atoms with Crippen LogP contribution in [-0.2, 0) is 14.3 Å². The Balaban J connectivity index is 0.00000322. The molecule has 0 fully saturated rings. The Bertz CT molecular complexity index is 719. The highest BCUT2D eigenvalue weighted by Crippen LogP contribution is 2.37. The minimum absolute atomic E-state index is 0.0617. The van der Waals surface area contributed by atoms with Gasteiger partial charge in [-0.2, -0.15) is 0 Å². The van der Waals surface area contributed by atoms with Crippen molar-refractivity contribution in [2.45, 2.75) is 39.6 Å². The molecule has 0 aromatic heterocycles. The maximum absolute atomic E-state index is 12.1. The fourth-order valence-electron chi connectivity index (χ4n) is 2.13. The summed E-state index contributed by atoms with van der Waals surface area (Å²) in [5.41, 5.74) is 1.37. The third-order valence-electron chi connectivity index (χ3n) is 3.58. The van der Waals surface area contributed by atoms with Gasteiger partial charge in [0.15, 0.2) is 0 Å². The smallest absolute Gasteiger partial charge is 0.257 e. The van der Waals surface area contributed by atoms with E-state index in [0.29, 0.717) is 25.3 Å².